The molecule has 3 atom stereocenters. The van der Waals surface area contributed by atoms with E-state index in [2.05, 4.69) is 5.32 Å². The number of aliphatic carboxylic acids is 1. The van der Waals surface area contributed by atoms with E-state index < -0.39 is 42.7 Å². The van der Waals surface area contributed by atoms with Crippen molar-refractivity contribution in [3.05, 3.63) is 41.5 Å². The molecule has 0 radical (unpaired) electrons. The molecule has 0 fully saturated rings. The Morgan fingerprint density at radius 3 is 2.67 bits per heavy atom. The van der Waals surface area contributed by atoms with Gasteiger partial charge in [-0.15, -0.1) is 0 Å². The molecule has 6 nitrogen and oxygen atoms in total. The Morgan fingerprint density at radius 2 is 2.00 bits per heavy atom. The minimum atomic E-state index is -1.40. The van der Waals surface area contributed by atoms with Gasteiger partial charge in [0.1, 0.15) is 12.7 Å². The number of amides is 1. The van der Waals surface area contributed by atoms with E-state index >= 15 is 0 Å². The fourth-order valence-corrected chi connectivity index (χ4v) is 3.08. The minimum absolute atomic E-state index is 0.0103. The summed E-state index contributed by atoms with van der Waals surface area (Å²) in [6.45, 7) is 0.293. The van der Waals surface area contributed by atoms with E-state index in [0.29, 0.717) is 12.0 Å². The van der Waals surface area contributed by atoms with Gasteiger partial charge in [-0.3, -0.25) is 19.2 Å². The average molecular weight is 375 g/mol. The van der Waals surface area contributed by atoms with Gasteiger partial charge in [-0.05, 0) is 17.9 Å². The number of carbonyl (C=O) groups is 4. The number of alkyl halides is 1. The number of ketones is 2. The molecule has 0 bridgehead atoms. The lowest BCUT2D eigenvalue weighted by Gasteiger charge is -2.24. The average Bonchev–Trinajstić information content (AvgIpc) is 2.64. The molecule has 0 aliphatic heterocycles. The first kappa shape index (κ1) is 20.5. The predicted octanol–water partition coefficient (Wildman–Crippen LogP) is 2.43. The molecule has 2 rings (SSSR count). The third kappa shape index (κ3) is 5.32. The molecule has 1 aliphatic rings. The van der Waals surface area contributed by atoms with Gasteiger partial charge in [0.25, 0.3) is 0 Å². The number of carboxylic acid groups (broad SMARTS) is 1. The Kier molecular flexibility index (Phi) is 6.98. The third-order valence-corrected chi connectivity index (χ3v) is 4.76. The van der Waals surface area contributed by atoms with E-state index in [4.69, 9.17) is 5.11 Å². The first-order valence-electron chi connectivity index (χ1n) is 8.74. The van der Waals surface area contributed by atoms with Gasteiger partial charge >= 0.3 is 5.97 Å². The molecule has 0 aromatic heterocycles. The van der Waals surface area contributed by atoms with Crippen LogP contribution in [-0.2, 0) is 14.4 Å². The third-order valence-electron chi connectivity index (χ3n) is 4.76. The van der Waals surface area contributed by atoms with E-state index in [1.54, 1.807) is 25.1 Å². The van der Waals surface area contributed by atoms with Crippen molar-refractivity contribution in [2.24, 2.45) is 11.8 Å². The van der Waals surface area contributed by atoms with Crippen LogP contribution < -0.4 is 5.32 Å². The quantitative estimate of drug-likeness (QED) is 0.762. The van der Waals surface area contributed by atoms with Crippen molar-refractivity contribution in [3.8, 4) is 0 Å². The summed E-state index contributed by atoms with van der Waals surface area (Å²) in [6, 6.07) is 5.80. The van der Waals surface area contributed by atoms with Crippen molar-refractivity contribution in [2.75, 3.05) is 6.67 Å². The first-order valence-corrected chi connectivity index (χ1v) is 8.74. The Hall–Kier alpha value is -2.83. The maximum absolute atomic E-state index is 12.6. The predicted molar refractivity (Wildman–Crippen MR) is 96.9 cm³/mol. The number of Topliss-reactive ketones (excluding diaryl/α,β-unsaturated/α-hetero) is 2. The van der Waals surface area contributed by atoms with E-state index in [0.717, 1.165) is 5.56 Å². The maximum Gasteiger partial charge on any atom is 0.305 e. The molecule has 1 aliphatic carbocycles. The number of carboxylic acids is 1. The first-order chi connectivity index (χ1) is 12.8. The van der Waals surface area contributed by atoms with Crippen molar-refractivity contribution in [1.29, 1.82) is 0 Å². The molecule has 2 N–H and O–H groups in total. The highest BCUT2D eigenvalue weighted by molar-refractivity contribution is 6.00. The van der Waals surface area contributed by atoms with Crippen molar-refractivity contribution in [1.82, 2.24) is 5.32 Å². The lowest BCUT2D eigenvalue weighted by molar-refractivity contribution is -0.140. The molecule has 2 unspecified atom stereocenters. The molecule has 7 heteroatoms. The van der Waals surface area contributed by atoms with E-state index in [9.17, 15) is 23.6 Å². The normalized spacial score (nSPS) is 19.8. The highest BCUT2D eigenvalue weighted by atomic mass is 19.1. The van der Waals surface area contributed by atoms with Crippen LogP contribution in [0, 0.1) is 11.8 Å². The minimum Gasteiger partial charge on any atom is -0.481 e. The summed E-state index contributed by atoms with van der Waals surface area (Å²) in [5.41, 5.74) is 1.41. The van der Waals surface area contributed by atoms with Gasteiger partial charge in [-0.1, -0.05) is 43.3 Å². The van der Waals surface area contributed by atoms with Crippen LogP contribution >= 0.6 is 0 Å². The van der Waals surface area contributed by atoms with Gasteiger partial charge in [-0.25, -0.2) is 4.39 Å². The molecule has 1 aromatic carbocycles. The van der Waals surface area contributed by atoms with Gasteiger partial charge in [-0.2, -0.15) is 0 Å². The number of carbonyl (C=O) groups excluding carboxylic acids is 3. The molecule has 144 valence electrons. The van der Waals surface area contributed by atoms with Crippen molar-refractivity contribution >= 4 is 29.5 Å². The Bertz CT molecular complexity index is 773. The largest absolute Gasteiger partial charge is 0.481 e. The molecule has 0 saturated heterocycles. The highest BCUT2D eigenvalue weighted by Gasteiger charge is 2.29. The maximum atomic E-state index is 12.6. The summed E-state index contributed by atoms with van der Waals surface area (Å²) < 4.78 is 12.6. The molecule has 27 heavy (non-hydrogen) atoms. The summed E-state index contributed by atoms with van der Waals surface area (Å²) in [4.78, 5) is 47.2. The lowest BCUT2D eigenvalue weighted by atomic mass is 9.84. The van der Waals surface area contributed by atoms with Crippen LogP contribution in [0.4, 0.5) is 4.39 Å². The summed E-state index contributed by atoms with van der Waals surface area (Å²) >= 11 is 0. The van der Waals surface area contributed by atoms with Gasteiger partial charge in [0, 0.05) is 17.9 Å². The Morgan fingerprint density at radius 1 is 1.30 bits per heavy atom. The molecule has 1 amide bonds. The number of hydrogen-bond donors (Lipinski definition) is 2. The number of benzene rings is 1. The number of allylic oxidation sites excluding steroid dienone is 1. The SMILES string of the molecule is C[C@@H](C(=O)NC(CC(=O)O)C(=O)CF)C1/C=C\c2ccccc2C(=O)CC1. The van der Waals surface area contributed by atoms with Gasteiger partial charge in [0.2, 0.25) is 5.91 Å². The van der Waals surface area contributed by atoms with Crippen molar-refractivity contribution in [2.45, 2.75) is 32.2 Å². The molecule has 0 saturated carbocycles. The zero-order valence-electron chi connectivity index (χ0n) is 15.0. The van der Waals surface area contributed by atoms with Crippen LogP contribution in [0.3, 0.4) is 0 Å². The summed E-state index contributed by atoms with van der Waals surface area (Å²) in [6.07, 6.45) is 3.68. The zero-order valence-corrected chi connectivity index (χ0v) is 15.0. The van der Waals surface area contributed by atoms with Crippen LogP contribution in [0.25, 0.3) is 6.08 Å². The smallest absolute Gasteiger partial charge is 0.305 e. The number of fused-ring (bicyclic) bond motifs is 1. The number of nitrogens with one attached hydrogen (secondary N) is 1. The fraction of sp³-hybridized carbons (Fsp3) is 0.400. The van der Waals surface area contributed by atoms with Gasteiger partial charge in [0.05, 0.1) is 6.42 Å². The highest BCUT2D eigenvalue weighted by Crippen LogP contribution is 2.26. The zero-order chi connectivity index (χ0) is 20.0. The molecular formula is C20H22FNO5. The molecular weight excluding hydrogens is 353 g/mol. The second kappa shape index (κ2) is 9.21. The summed E-state index contributed by atoms with van der Waals surface area (Å²) in [5.74, 6) is -3.71. The van der Waals surface area contributed by atoms with E-state index in [-0.39, 0.29) is 18.1 Å². The van der Waals surface area contributed by atoms with Crippen LogP contribution in [0.5, 0.6) is 0 Å². The Balaban J connectivity index is 2.13. The van der Waals surface area contributed by atoms with Gasteiger partial charge < -0.3 is 10.4 Å². The Labute approximate surface area is 156 Å². The van der Waals surface area contributed by atoms with Crippen LogP contribution in [-0.4, -0.2) is 41.3 Å². The second-order valence-electron chi connectivity index (χ2n) is 6.62. The van der Waals surface area contributed by atoms with Crippen LogP contribution in [0.15, 0.2) is 30.3 Å². The van der Waals surface area contributed by atoms with E-state index in [1.807, 2.05) is 18.2 Å². The topological polar surface area (TPSA) is 101 Å². The van der Waals surface area contributed by atoms with Crippen LogP contribution in [0.2, 0.25) is 0 Å². The molecule has 0 heterocycles. The summed E-state index contributed by atoms with van der Waals surface area (Å²) in [7, 11) is 0. The lowest BCUT2D eigenvalue weighted by Crippen LogP contribution is -2.46. The van der Waals surface area contributed by atoms with E-state index in [1.165, 1.54) is 0 Å². The summed E-state index contributed by atoms with van der Waals surface area (Å²) in [5, 5.41) is 11.2. The fourth-order valence-electron chi connectivity index (χ4n) is 3.08. The van der Waals surface area contributed by atoms with Crippen LogP contribution in [0.1, 0.15) is 42.1 Å². The van der Waals surface area contributed by atoms with Crippen molar-refractivity contribution < 1.29 is 28.7 Å². The number of halogens is 1. The monoisotopic (exact) mass is 375 g/mol. The van der Waals surface area contributed by atoms with Crippen molar-refractivity contribution in [3.63, 3.8) is 0 Å². The number of hydrogen-bond acceptors (Lipinski definition) is 4. The molecule has 0 spiro atoms. The standard InChI is InChI=1S/C20H22FNO5/c1-12(20(27)22-16(10-19(25)26)18(24)11-21)13-6-7-14-4-2-3-5-15(14)17(23)9-8-13/h2-7,12-13,16H,8-11H2,1H3,(H,22,27)(H,25,26)/b7-6-/t12-,13?,16?/m1/s1. The van der Waals surface area contributed by atoms with Gasteiger partial charge in [0.15, 0.2) is 11.6 Å². The number of rotatable bonds is 7. The second-order valence-corrected chi connectivity index (χ2v) is 6.62. The molecule has 1 aromatic rings.